The van der Waals surface area contributed by atoms with Crippen LogP contribution in [-0.4, -0.2) is 22.7 Å². The number of nitrogens with one attached hydrogen (secondary N) is 1. The molecule has 1 rings (SSSR count). The molecule has 1 N–H and O–H groups in total. The molecule has 2 amide bonds. The van der Waals surface area contributed by atoms with Crippen LogP contribution >= 0.6 is 0 Å². The van der Waals surface area contributed by atoms with Gasteiger partial charge in [-0.25, -0.2) is 14.9 Å². The van der Waals surface area contributed by atoms with Crippen molar-refractivity contribution in [1.29, 1.82) is 0 Å². The Morgan fingerprint density at radius 2 is 1.70 bits per heavy atom. The molecule has 8 nitrogen and oxygen atoms in total. The number of nitrogens with zero attached hydrogens (tertiary/aromatic N) is 1. The molecule has 0 saturated heterocycles. The Morgan fingerprint density at radius 1 is 1.15 bits per heavy atom. The number of hydrogen-bond donors (Lipinski definition) is 1. The molecular weight excluding hydrogens is 268 g/mol. The van der Waals surface area contributed by atoms with Gasteiger partial charge in [0, 0.05) is 12.1 Å². The second kappa shape index (κ2) is 6.00. The number of carbonyl (C=O) groups is 2. The number of alkyl carbamates (subject to hydrolysis) is 1. The lowest BCUT2D eigenvalue weighted by Crippen LogP contribution is -2.37. The summed E-state index contributed by atoms with van der Waals surface area (Å²) < 4.78 is 9.62. The number of rotatable bonds is 2. The molecule has 0 atom stereocenters. The second-order valence-electron chi connectivity index (χ2n) is 4.77. The Morgan fingerprint density at radius 3 is 2.15 bits per heavy atom. The number of non-ortho nitro benzene ring substituents is 1. The number of carbonyl (C=O) groups excluding carboxylic acids is 2. The summed E-state index contributed by atoms with van der Waals surface area (Å²) in [5, 5.41) is 12.3. The van der Waals surface area contributed by atoms with E-state index in [4.69, 9.17) is 9.47 Å². The van der Waals surface area contributed by atoms with Crippen LogP contribution in [0.3, 0.4) is 0 Å². The van der Waals surface area contributed by atoms with E-state index >= 15 is 0 Å². The predicted molar refractivity (Wildman–Crippen MR) is 68.5 cm³/mol. The average molecular weight is 282 g/mol. The van der Waals surface area contributed by atoms with E-state index in [1.807, 2.05) is 5.32 Å². The smallest absolute Gasteiger partial charge is 0.422 e. The molecule has 0 aromatic heterocycles. The van der Waals surface area contributed by atoms with Crippen molar-refractivity contribution in [2.45, 2.75) is 26.4 Å². The molecule has 0 heterocycles. The molecule has 0 bridgehead atoms. The van der Waals surface area contributed by atoms with Gasteiger partial charge < -0.3 is 9.47 Å². The van der Waals surface area contributed by atoms with E-state index in [1.165, 1.54) is 24.3 Å². The van der Waals surface area contributed by atoms with Gasteiger partial charge in [0.1, 0.15) is 11.4 Å². The zero-order valence-corrected chi connectivity index (χ0v) is 11.2. The molecule has 0 spiro atoms. The van der Waals surface area contributed by atoms with Crippen molar-refractivity contribution in [3.05, 3.63) is 34.4 Å². The molecule has 0 radical (unpaired) electrons. The van der Waals surface area contributed by atoms with Crippen LogP contribution in [0.5, 0.6) is 5.75 Å². The highest BCUT2D eigenvalue weighted by molar-refractivity contribution is 5.88. The van der Waals surface area contributed by atoms with Crippen molar-refractivity contribution < 1.29 is 24.0 Å². The average Bonchev–Trinajstić information content (AvgIpc) is 2.26. The fourth-order valence-corrected chi connectivity index (χ4v) is 1.16. The molecule has 0 aliphatic heterocycles. The molecule has 0 aliphatic carbocycles. The summed E-state index contributed by atoms with van der Waals surface area (Å²) in [6.07, 6.45) is -1.97. The highest BCUT2D eigenvalue weighted by Gasteiger charge is 2.19. The molecule has 20 heavy (non-hydrogen) atoms. The molecule has 0 fully saturated rings. The van der Waals surface area contributed by atoms with E-state index in [-0.39, 0.29) is 11.4 Å². The van der Waals surface area contributed by atoms with Crippen LogP contribution in [0.2, 0.25) is 0 Å². The first-order valence-corrected chi connectivity index (χ1v) is 5.63. The summed E-state index contributed by atoms with van der Waals surface area (Å²) in [4.78, 5) is 32.5. The van der Waals surface area contributed by atoms with Gasteiger partial charge in [0.05, 0.1) is 4.92 Å². The topological polar surface area (TPSA) is 108 Å². The number of benzene rings is 1. The Kier molecular flexibility index (Phi) is 4.63. The third-order valence-corrected chi connectivity index (χ3v) is 1.86. The summed E-state index contributed by atoms with van der Waals surface area (Å²) in [5.74, 6) is 0.0664. The number of ether oxygens (including phenoxy) is 2. The van der Waals surface area contributed by atoms with Crippen molar-refractivity contribution in [2.75, 3.05) is 0 Å². The number of imide groups is 1. The number of amides is 2. The van der Waals surface area contributed by atoms with Crippen LogP contribution in [0.15, 0.2) is 24.3 Å². The largest absolute Gasteiger partial charge is 0.443 e. The zero-order valence-electron chi connectivity index (χ0n) is 11.2. The molecule has 108 valence electrons. The Balaban J connectivity index is 2.54. The minimum Gasteiger partial charge on any atom is -0.443 e. The summed E-state index contributed by atoms with van der Waals surface area (Å²) >= 11 is 0. The lowest BCUT2D eigenvalue weighted by molar-refractivity contribution is -0.384. The van der Waals surface area contributed by atoms with Gasteiger partial charge >= 0.3 is 12.2 Å². The van der Waals surface area contributed by atoms with Crippen LogP contribution in [0.1, 0.15) is 20.8 Å². The number of nitro groups is 1. The first-order valence-electron chi connectivity index (χ1n) is 5.63. The Labute approximate surface area is 114 Å². The van der Waals surface area contributed by atoms with E-state index in [2.05, 4.69) is 0 Å². The maximum absolute atomic E-state index is 11.4. The SMILES string of the molecule is CC(C)(C)OC(=O)NC(=O)Oc1ccc([N+](=O)[O-])cc1. The fraction of sp³-hybridized carbons (Fsp3) is 0.333. The first kappa shape index (κ1) is 15.4. The molecule has 0 unspecified atom stereocenters. The molecule has 0 saturated carbocycles. The fourth-order valence-electron chi connectivity index (χ4n) is 1.16. The minimum absolute atomic E-state index is 0.0664. The molecular formula is C12H14N2O6. The van der Waals surface area contributed by atoms with Gasteiger partial charge in [-0.1, -0.05) is 0 Å². The van der Waals surface area contributed by atoms with E-state index < -0.39 is 22.7 Å². The van der Waals surface area contributed by atoms with Crippen molar-refractivity contribution >= 4 is 17.9 Å². The maximum atomic E-state index is 11.4. The van der Waals surface area contributed by atoms with Crippen LogP contribution in [0.4, 0.5) is 15.3 Å². The second-order valence-corrected chi connectivity index (χ2v) is 4.77. The summed E-state index contributed by atoms with van der Waals surface area (Å²) in [5.41, 5.74) is -0.873. The third-order valence-electron chi connectivity index (χ3n) is 1.86. The third kappa shape index (κ3) is 5.34. The van der Waals surface area contributed by atoms with Crippen LogP contribution in [-0.2, 0) is 4.74 Å². The highest BCUT2D eigenvalue weighted by atomic mass is 16.6. The quantitative estimate of drug-likeness (QED) is 0.659. The highest BCUT2D eigenvalue weighted by Crippen LogP contribution is 2.17. The van der Waals surface area contributed by atoms with Gasteiger partial charge in [-0.15, -0.1) is 0 Å². The standard InChI is InChI=1S/C12H14N2O6/c1-12(2,3)20-11(16)13-10(15)19-9-6-4-8(5-7-9)14(17)18/h4-7H,1-3H3,(H,13,15,16). The molecule has 1 aromatic rings. The van der Waals surface area contributed by atoms with Crippen molar-refractivity contribution in [1.82, 2.24) is 5.32 Å². The monoisotopic (exact) mass is 282 g/mol. The number of nitro benzene ring substituents is 1. The zero-order chi connectivity index (χ0) is 15.3. The lowest BCUT2D eigenvalue weighted by atomic mass is 10.2. The van der Waals surface area contributed by atoms with Crippen molar-refractivity contribution in [3.8, 4) is 5.75 Å². The van der Waals surface area contributed by atoms with E-state index in [1.54, 1.807) is 20.8 Å². The molecule has 0 aliphatic rings. The Bertz CT molecular complexity index is 518. The predicted octanol–water partition coefficient (Wildman–Crippen LogP) is 2.62. The number of hydrogen-bond acceptors (Lipinski definition) is 6. The Hall–Kier alpha value is -2.64. The van der Waals surface area contributed by atoms with E-state index in [0.29, 0.717) is 0 Å². The van der Waals surface area contributed by atoms with Gasteiger partial charge in [0.2, 0.25) is 0 Å². The lowest BCUT2D eigenvalue weighted by Gasteiger charge is -2.19. The van der Waals surface area contributed by atoms with Gasteiger partial charge in [0.25, 0.3) is 5.69 Å². The van der Waals surface area contributed by atoms with Crippen molar-refractivity contribution in [3.63, 3.8) is 0 Å². The van der Waals surface area contributed by atoms with E-state index in [9.17, 15) is 19.7 Å². The van der Waals surface area contributed by atoms with Gasteiger partial charge in [0.15, 0.2) is 0 Å². The first-order chi connectivity index (χ1) is 9.17. The minimum atomic E-state index is -1.03. The normalized spacial score (nSPS) is 10.6. The maximum Gasteiger partial charge on any atom is 0.422 e. The summed E-state index contributed by atoms with van der Waals surface area (Å²) in [6.45, 7) is 4.94. The van der Waals surface area contributed by atoms with Gasteiger partial charge in [-0.3, -0.25) is 10.1 Å². The summed E-state index contributed by atoms with van der Waals surface area (Å²) in [7, 11) is 0. The van der Waals surface area contributed by atoms with E-state index in [0.717, 1.165) is 0 Å². The molecule has 1 aromatic carbocycles. The van der Waals surface area contributed by atoms with Crippen LogP contribution < -0.4 is 10.1 Å². The van der Waals surface area contributed by atoms with Crippen molar-refractivity contribution in [2.24, 2.45) is 0 Å². The van der Waals surface area contributed by atoms with Crippen LogP contribution in [0.25, 0.3) is 0 Å². The van der Waals surface area contributed by atoms with Gasteiger partial charge in [-0.05, 0) is 32.9 Å². The van der Waals surface area contributed by atoms with Gasteiger partial charge in [-0.2, -0.15) is 0 Å². The summed E-state index contributed by atoms with van der Waals surface area (Å²) in [6, 6.07) is 4.84. The van der Waals surface area contributed by atoms with Crippen LogP contribution in [0, 0.1) is 10.1 Å². The molecule has 8 heteroatoms.